The lowest BCUT2D eigenvalue weighted by Gasteiger charge is -2.22. The molecule has 0 amide bonds. The van der Waals surface area contributed by atoms with Crippen molar-refractivity contribution in [3.63, 3.8) is 0 Å². The van der Waals surface area contributed by atoms with Crippen molar-refractivity contribution in [1.29, 1.82) is 0 Å². The molecule has 3 heterocycles. The minimum absolute atomic E-state index is 0.302. The molecule has 0 spiro atoms. The van der Waals surface area contributed by atoms with Crippen molar-refractivity contribution < 1.29 is 4.74 Å². The Bertz CT molecular complexity index is 743. The van der Waals surface area contributed by atoms with E-state index in [4.69, 9.17) is 4.74 Å². The molecule has 0 unspecified atom stereocenters. The molecular formula is C13H16N4O3. The molecule has 106 valence electrons. The summed E-state index contributed by atoms with van der Waals surface area (Å²) in [4.78, 5) is 32.6. The standard InChI is InChI=1S/C13H16N4O3/c1-16-11-10(6-14-8-15-11)12(18)17(13(16)19)7-9-2-4-20-5-3-9/h6,8-9H,2-5,7H2,1H3. The Morgan fingerprint density at radius 3 is 2.85 bits per heavy atom. The molecule has 20 heavy (non-hydrogen) atoms. The lowest BCUT2D eigenvalue weighted by atomic mass is 10.0. The van der Waals surface area contributed by atoms with Crippen LogP contribution in [0.5, 0.6) is 0 Å². The highest BCUT2D eigenvalue weighted by Gasteiger charge is 2.18. The summed E-state index contributed by atoms with van der Waals surface area (Å²) in [6.45, 7) is 1.81. The van der Waals surface area contributed by atoms with Crippen LogP contribution in [-0.4, -0.2) is 32.3 Å². The van der Waals surface area contributed by atoms with Crippen LogP contribution in [0.2, 0.25) is 0 Å². The fourth-order valence-corrected chi connectivity index (χ4v) is 2.59. The van der Waals surface area contributed by atoms with Crippen LogP contribution in [0.4, 0.5) is 0 Å². The second-order valence-corrected chi connectivity index (χ2v) is 5.07. The number of hydrogen-bond acceptors (Lipinski definition) is 5. The Morgan fingerprint density at radius 1 is 1.35 bits per heavy atom. The van der Waals surface area contributed by atoms with Crippen LogP contribution in [0.3, 0.4) is 0 Å². The Kier molecular flexibility index (Phi) is 3.35. The topological polar surface area (TPSA) is 79.0 Å². The molecule has 0 atom stereocenters. The Balaban J connectivity index is 2.10. The molecule has 0 radical (unpaired) electrons. The highest BCUT2D eigenvalue weighted by Crippen LogP contribution is 2.15. The SMILES string of the molecule is Cn1c(=O)n(CC2CCOCC2)c(=O)c2cncnc21. The van der Waals surface area contributed by atoms with Gasteiger partial charge in [0.25, 0.3) is 5.56 Å². The van der Waals surface area contributed by atoms with E-state index in [0.717, 1.165) is 12.8 Å². The van der Waals surface area contributed by atoms with Gasteiger partial charge in [0.1, 0.15) is 11.7 Å². The normalized spacial score (nSPS) is 16.6. The Morgan fingerprint density at radius 2 is 2.10 bits per heavy atom. The van der Waals surface area contributed by atoms with Gasteiger partial charge in [0.2, 0.25) is 0 Å². The van der Waals surface area contributed by atoms with E-state index in [2.05, 4.69) is 9.97 Å². The molecule has 7 nitrogen and oxygen atoms in total. The van der Waals surface area contributed by atoms with E-state index in [9.17, 15) is 9.59 Å². The molecule has 2 aromatic rings. The van der Waals surface area contributed by atoms with Gasteiger partial charge in [-0.1, -0.05) is 0 Å². The van der Waals surface area contributed by atoms with Crippen molar-refractivity contribution in [3.05, 3.63) is 33.4 Å². The van der Waals surface area contributed by atoms with Gasteiger partial charge in [-0.25, -0.2) is 14.8 Å². The molecule has 0 aromatic carbocycles. The average molecular weight is 276 g/mol. The molecular weight excluding hydrogens is 260 g/mol. The molecule has 0 bridgehead atoms. The zero-order valence-electron chi connectivity index (χ0n) is 11.3. The Labute approximate surface area is 114 Å². The predicted molar refractivity (Wildman–Crippen MR) is 72.6 cm³/mol. The van der Waals surface area contributed by atoms with Crippen molar-refractivity contribution in [3.8, 4) is 0 Å². The van der Waals surface area contributed by atoms with E-state index in [-0.39, 0.29) is 11.2 Å². The summed E-state index contributed by atoms with van der Waals surface area (Å²) in [7, 11) is 1.62. The fraction of sp³-hybridized carbons (Fsp3) is 0.538. The van der Waals surface area contributed by atoms with Crippen LogP contribution in [-0.2, 0) is 18.3 Å². The molecule has 3 rings (SSSR count). The van der Waals surface area contributed by atoms with Crippen LogP contribution in [0.15, 0.2) is 22.1 Å². The summed E-state index contributed by atoms with van der Waals surface area (Å²) >= 11 is 0. The number of hydrogen-bond donors (Lipinski definition) is 0. The number of rotatable bonds is 2. The van der Waals surface area contributed by atoms with Gasteiger partial charge in [0, 0.05) is 33.0 Å². The minimum Gasteiger partial charge on any atom is -0.381 e. The second kappa shape index (κ2) is 5.16. The maximum Gasteiger partial charge on any atom is 0.332 e. The quantitative estimate of drug-likeness (QED) is 0.766. The lowest BCUT2D eigenvalue weighted by molar-refractivity contribution is 0.0605. The van der Waals surface area contributed by atoms with Gasteiger partial charge in [-0.2, -0.15) is 0 Å². The maximum atomic E-state index is 12.4. The molecule has 1 saturated heterocycles. The predicted octanol–water partition coefficient (Wildman–Crippen LogP) is -0.0832. The molecule has 0 N–H and O–H groups in total. The number of aryl methyl sites for hydroxylation is 1. The molecule has 0 saturated carbocycles. The lowest BCUT2D eigenvalue weighted by Crippen LogP contribution is -2.41. The average Bonchev–Trinajstić information content (AvgIpc) is 2.50. The van der Waals surface area contributed by atoms with E-state index in [1.807, 2.05) is 0 Å². The smallest absolute Gasteiger partial charge is 0.332 e. The van der Waals surface area contributed by atoms with Gasteiger partial charge >= 0.3 is 5.69 Å². The first kappa shape index (κ1) is 13.0. The van der Waals surface area contributed by atoms with Crippen molar-refractivity contribution in [2.45, 2.75) is 19.4 Å². The molecule has 1 fully saturated rings. The van der Waals surface area contributed by atoms with Crippen molar-refractivity contribution >= 4 is 11.0 Å². The second-order valence-electron chi connectivity index (χ2n) is 5.07. The van der Waals surface area contributed by atoms with E-state index in [0.29, 0.717) is 36.7 Å². The first-order valence-corrected chi connectivity index (χ1v) is 6.66. The van der Waals surface area contributed by atoms with Crippen molar-refractivity contribution in [1.82, 2.24) is 19.1 Å². The first-order valence-electron chi connectivity index (χ1n) is 6.66. The molecule has 2 aromatic heterocycles. The van der Waals surface area contributed by atoms with Crippen LogP contribution in [0, 0.1) is 5.92 Å². The van der Waals surface area contributed by atoms with Gasteiger partial charge in [0.05, 0.1) is 0 Å². The highest BCUT2D eigenvalue weighted by atomic mass is 16.5. The van der Waals surface area contributed by atoms with E-state index in [1.54, 1.807) is 7.05 Å². The summed E-state index contributed by atoms with van der Waals surface area (Å²) in [5.74, 6) is 0.302. The fourth-order valence-electron chi connectivity index (χ4n) is 2.59. The van der Waals surface area contributed by atoms with E-state index >= 15 is 0 Å². The molecule has 1 aliphatic heterocycles. The molecule has 0 aliphatic carbocycles. The third kappa shape index (κ3) is 2.14. The van der Waals surface area contributed by atoms with Gasteiger partial charge in [-0.15, -0.1) is 0 Å². The van der Waals surface area contributed by atoms with Gasteiger partial charge in [0.15, 0.2) is 5.65 Å². The van der Waals surface area contributed by atoms with Crippen LogP contribution in [0.25, 0.3) is 11.0 Å². The maximum absolute atomic E-state index is 12.4. The number of ether oxygens (including phenoxy) is 1. The van der Waals surface area contributed by atoms with Crippen LogP contribution in [0.1, 0.15) is 12.8 Å². The zero-order valence-corrected chi connectivity index (χ0v) is 11.3. The first-order chi connectivity index (χ1) is 9.68. The summed E-state index contributed by atoms with van der Waals surface area (Å²) in [6.07, 6.45) is 4.55. The van der Waals surface area contributed by atoms with E-state index in [1.165, 1.54) is 21.7 Å². The van der Waals surface area contributed by atoms with Crippen LogP contribution >= 0.6 is 0 Å². The van der Waals surface area contributed by atoms with Crippen molar-refractivity contribution in [2.24, 2.45) is 13.0 Å². The van der Waals surface area contributed by atoms with Crippen LogP contribution < -0.4 is 11.2 Å². The summed E-state index contributed by atoms with van der Waals surface area (Å²) in [5.41, 5.74) is -0.263. The largest absolute Gasteiger partial charge is 0.381 e. The summed E-state index contributed by atoms with van der Waals surface area (Å²) in [6, 6.07) is 0. The summed E-state index contributed by atoms with van der Waals surface area (Å²) < 4.78 is 8.00. The van der Waals surface area contributed by atoms with E-state index < -0.39 is 0 Å². The molecule has 1 aliphatic rings. The van der Waals surface area contributed by atoms with Crippen molar-refractivity contribution in [2.75, 3.05) is 13.2 Å². The van der Waals surface area contributed by atoms with Gasteiger partial charge in [-0.3, -0.25) is 13.9 Å². The zero-order chi connectivity index (χ0) is 14.1. The van der Waals surface area contributed by atoms with Gasteiger partial charge in [-0.05, 0) is 18.8 Å². The third-order valence-corrected chi connectivity index (χ3v) is 3.78. The highest BCUT2D eigenvalue weighted by molar-refractivity contribution is 5.72. The van der Waals surface area contributed by atoms with Gasteiger partial charge < -0.3 is 4.74 Å². The number of nitrogens with zero attached hydrogens (tertiary/aromatic N) is 4. The minimum atomic E-state index is -0.326. The monoisotopic (exact) mass is 276 g/mol. The molecule has 7 heteroatoms. The third-order valence-electron chi connectivity index (χ3n) is 3.78. The summed E-state index contributed by atoms with van der Waals surface area (Å²) in [5, 5.41) is 0.377. The Hall–Kier alpha value is -2.02. The number of aromatic nitrogens is 4. The number of fused-ring (bicyclic) bond motifs is 1.